The number of hydrogen-bond donors (Lipinski definition) is 3. The monoisotopic (exact) mass is 524 g/mol. The van der Waals surface area contributed by atoms with Crippen LogP contribution in [0.4, 0.5) is 24.7 Å². The summed E-state index contributed by atoms with van der Waals surface area (Å²) in [6.07, 6.45) is -5.81. The zero-order valence-electron chi connectivity index (χ0n) is 19.6. The van der Waals surface area contributed by atoms with Crippen LogP contribution in [0.15, 0.2) is 42.5 Å². The molecular formula is C24H24ClF3N4O4. The smallest absolute Gasteiger partial charge is 0.410 e. The second-order valence-electron chi connectivity index (χ2n) is 8.32. The highest BCUT2D eigenvalue weighted by atomic mass is 35.5. The lowest BCUT2D eigenvalue weighted by atomic mass is 9.96. The predicted octanol–water partition coefficient (Wildman–Crippen LogP) is 5.52. The van der Waals surface area contributed by atoms with Crippen LogP contribution in [0, 0.1) is 0 Å². The van der Waals surface area contributed by atoms with Crippen LogP contribution in [0.1, 0.15) is 53.1 Å². The topological polar surface area (TPSA) is 97.6 Å². The second kappa shape index (κ2) is 9.90. The summed E-state index contributed by atoms with van der Waals surface area (Å²) in [5.74, 6) is -0.0981. The lowest BCUT2D eigenvalue weighted by molar-refractivity contribution is -0.173. The number of nitrogens with one attached hydrogen (secondary N) is 2. The van der Waals surface area contributed by atoms with Gasteiger partial charge in [0.1, 0.15) is 10.8 Å². The lowest BCUT2D eigenvalue weighted by Crippen LogP contribution is -2.35. The number of hydrogen-bond acceptors (Lipinski definition) is 6. The van der Waals surface area contributed by atoms with E-state index in [1.54, 1.807) is 49.4 Å². The fourth-order valence-electron chi connectivity index (χ4n) is 4.09. The Balaban J connectivity index is 1.69. The van der Waals surface area contributed by atoms with Crippen molar-refractivity contribution in [2.24, 2.45) is 0 Å². The molecule has 1 aliphatic rings. The quantitative estimate of drug-likeness (QED) is 0.393. The number of aliphatic hydroxyl groups is 1. The van der Waals surface area contributed by atoms with Crippen molar-refractivity contribution < 1.29 is 32.5 Å². The minimum Gasteiger partial charge on any atom is -0.493 e. The molecule has 0 aliphatic carbocycles. The number of rotatable bonds is 6. The number of anilines is 2. The van der Waals surface area contributed by atoms with Crippen molar-refractivity contribution in [3.05, 3.63) is 64.3 Å². The SMILES string of the molecule is COc1ccc([C@@H]2C[C@@H](C(F)(F)F)n3nc(C(=O)Nc4cccc([C@@H](C)O)c4)c(Cl)c3N2)cc1OC. The number of amides is 1. The van der Waals surface area contributed by atoms with E-state index >= 15 is 0 Å². The number of aromatic nitrogens is 2. The fourth-order valence-corrected chi connectivity index (χ4v) is 4.35. The van der Waals surface area contributed by atoms with E-state index in [2.05, 4.69) is 15.7 Å². The van der Waals surface area contributed by atoms with Gasteiger partial charge in [-0.3, -0.25) is 4.79 Å². The molecule has 3 atom stereocenters. The van der Waals surface area contributed by atoms with E-state index in [-0.39, 0.29) is 23.0 Å². The molecule has 0 fully saturated rings. The molecule has 0 saturated heterocycles. The highest BCUT2D eigenvalue weighted by molar-refractivity contribution is 6.36. The van der Waals surface area contributed by atoms with Crippen LogP contribution in [0.3, 0.4) is 0 Å². The normalized spacial score (nSPS) is 18.1. The van der Waals surface area contributed by atoms with Crippen LogP contribution >= 0.6 is 11.6 Å². The first kappa shape index (κ1) is 25.6. The fraction of sp³-hybridized carbons (Fsp3) is 0.333. The Labute approximate surface area is 210 Å². The van der Waals surface area contributed by atoms with Crippen molar-refractivity contribution in [3.63, 3.8) is 0 Å². The highest BCUT2D eigenvalue weighted by Gasteiger charge is 2.48. The number of halogens is 4. The third-order valence-corrected chi connectivity index (χ3v) is 6.31. The molecule has 4 rings (SSSR count). The third kappa shape index (κ3) is 4.93. The molecule has 0 unspecified atom stereocenters. The summed E-state index contributed by atoms with van der Waals surface area (Å²) >= 11 is 6.40. The van der Waals surface area contributed by atoms with Gasteiger partial charge in [-0.25, -0.2) is 4.68 Å². The summed E-state index contributed by atoms with van der Waals surface area (Å²) in [7, 11) is 2.89. The van der Waals surface area contributed by atoms with E-state index in [4.69, 9.17) is 21.1 Å². The first-order valence-electron chi connectivity index (χ1n) is 11.0. The van der Waals surface area contributed by atoms with Crippen molar-refractivity contribution in [3.8, 4) is 11.5 Å². The summed E-state index contributed by atoms with van der Waals surface area (Å²) in [5, 5.41) is 19.0. The van der Waals surface area contributed by atoms with Gasteiger partial charge in [0.15, 0.2) is 23.2 Å². The van der Waals surface area contributed by atoms with Crippen LogP contribution in [0.25, 0.3) is 0 Å². The first-order valence-corrected chi connectivity index (χ1v) is 11.3. The largest absolute Gasteiger partial charge is 0.493 e. The average Bonchev–Trinajstić information content (AvgIpc) is 3.18. The summed E-state index contributed by atoms with van der Waals surface area (Å²) in [5.41, 5.74) is 1.05. The molecule has 36 heavy (non-hydrogen) atoms. The van der Waals surface area contributed by atoms with Crippen molar-refractivity contribution in [2.45, 2.75) is 37.7 Å². The van der Waals surface area contributed by atoms with Gasteiger partial charge in [-0.15, -0.1) is 0 Å². The number of nitrogens with zero attached hydrogens (tertiary/aromatic N) is 2. The van der Waals surface area contributed by atoms with E-state index in [0.717, 1.165) is 0 Å². The van der Waals surface area contributed by atoms with Crippen LogP contribution in [-0.2, 0) is 0 Å². The van der Waals surface area contributed by atoms with Gasteiger partial charge in [-0.05, 0) is 42.3 Å². The number of aliphatic hydroxyl groups excluding tert-OH is 1. The molecule has 2 aromatic carbocycles. The van der Waals surface area contributed by atoms with Crippen LogP contribution in [-0.4, -0.2) is 41.2 Å². The van der Waals surface area contributed by atoms with E-state index < -0.39 is 30.3 Å². The maximum atomic E-state index is 14.1. The van der Waals surface area contributed by atoms with Gasteiger partial charge in [0, 0.05) is 12.1 Å². The summed E-state index contributed by atoms with van der Waals surface area (Å²) in [6, 6.07) is 8.45. The first-order chi connectivity index (χ1) is 17.0. The van der Waals surface area contributed by atoms with Gasteiger partial charge < -0.3 is 25.2 Å². The van der Waals surface area contributed by atoms with E-state index in [0.29, 0.717) is 33.0 Å². The molecule has 192 valence electrons. The lowest BCUT2D eigenvalue weighted by Gasteiger charge is -2.33. The summed E-state index contributed by atoms with van der Waals surface area (Å²) < 4.78 is 53.4. The third-order valence-electron chi connectivity index (χ3n) is 5.95. The number of alkyl halides is 3. The Morgan fingerprint density at radius 3 is 2.58 bits per heavy atom. The summed E-state index contributed by atoms with van der Waals surface area (Å²) in [6.45, 7) is 1.57. The molecule has 3 N–H and O–H groups in total. The van der Waals surface area contributed by atoms with E-state index in [9.17, 15) is 23.1 Å². The maximum absolute atomic E-state index is 14.1. The van der Waals surface area contributed by atoms with Gasteiger partial charge in [-0.1, -0.05) is 29.8 Å². The molecule has 1 amide bonds. The van der Waals surface area contributed by atoms with Gasteiger partial charge in [0.25, 0.3) is 5.91 Å². The second-order valence-corrected chi connectivity index (χ2v) is 8.69. The molecule has 0 saturated carbocycles. The predicted molar refractivity (Wildman–Crippen MR) is 128 cm³/mol. The Morgan fingerprint density at radius 2 is 1.94 bits per heavy atom. The van der Waals surface area contributed by atoms with Crippen molar-refractivity contribution in [1.29, 1.82) is 0 Å². The molecule has 0 radical (unpaired) electrons. The number of benzene rings is 2. The molecule has 2 heterocycles. The molecule has 8 nitrogen and oxygen atoms in total. The molecule has 1 aromatic heterocycles. The number of fused-ring (bicyclic) bond motifs is 1. The zero-order valence-corrected chi connectivity index (χ0v) is 20.3. The average molecular weight is 525 g/mol. The standard InChI is InChI=1S/C24H24ClF3N4O4/c1-12(33)13-5-4-6-15(9-13)29-23(34)21-20(25)22-30-16(11-19(24(26,27)28)32(22)31-21)14-7-8-17(35-2)18(10-14)36-3/h4-10,12,16,19,30,33H,11H2,1-3H3,(H,29,34)/t12-,16+,19+/m1/s1. The van der Waals surface area contributed by atoms with Crippen LogP contribution in [0.2, 0.25) is 5.02 Å². The van der Waals surface area contributed by atoms with Crippen molar-refractivity contribution >= 4 is 29.0 Å². The Kier molecular flexibility index (Phi) is 7.05. The van der Waals surface area contributed by atoms with Gasteiger partial charge in [0.05, 0.1) is 26.4 Å². The van der Waals surface area contributed by atoms with Crippen LogP contribution in [0.5, 0.6) is 11.5 Å². The minimum absolute atomic E-state index is 0.118. The van der Waals surface area contributed by atoms with Gasteiger partial charge in [-0.2, -0.15) is 18.3 Å². The molecule has 12 heteroatoms. The van der Waals surface area contributed by atoms with Crippen molar-refractivity contribution in [2.75, 3.05) is 24.9 Å². The molecular weight excluding hydrogens is 501 g/mol. The molecule has 0 bridgehead atoms. The van der Waals surface area contributed by atoms with Crippen molar-refractivity contribution in [1.82, 2.24) is 9.78 Å². The highest BCUT2D eigenvalue weighted by Crippen LogP contribution is 2.47. The molecule has 0 spiro atoms. The Hall–Kier alpha value is -3.44. The Morgan fingerprint density at radius 1 is 1.22 bits per heavy atom. The number of ether oxygens (including phenoxy) is 2. The van der Waals surface area contributed by atoms with Crippen LogP contribution < -0.4 is 20.1 Å². The van der Waals surface area contributed by atoms with E-state index in [1.165, 1.54) is 14.2 Å². The van der Waals surface area contributed by atoms with Gasteiger partial charge in [0.2, 0.25) is 0 Å². The van der Waals surface area contributed by atoms with E-state index in [1.807, 2.05) is 0 Å². The Bertz CT molecular complexity index is 1280. The van der Waals surface area contributed by atoms with Gasteiger partial charge >= 0.3 is 6.18 Å². The number of methoxy groups -OCH3 is 2. The maximum Gasteiger partial charge on any atom is 0.410 e. The molecule has 1 aliphatic heterocycles. The minimum atomic E-state index is -4.65. The number of carbonyl (C=O) groups excluding carboxylic acids is 1. The summed E-state index contributed by atoms with van der Waals surface area (Å²) in [4.78, 5) is 12.9. The zero-order chi connectivity index (χ0) is 26.2. The molecule has 3 aromatic rings. The number of carbonyl (C=O) groups is 1.